The van der Waals surface area contributed by atoms with E-state index in [-0.39, 0.29) is 23.0 Å². The van der Waals surface area contributed by atoms with Crippen LogP contribution >= 0.6 is 19.4 Å². The molecule has 0 spiro atoms. The topological polar surface area (TPSA) is 153 Å². The van der Waals surface area contributed by atoms with E-state index in [2.05, 4.69) is 15.0 Å². The number of hydrogen-bond acceptors (Lipinski definition) is 10. The average Bonchev–Trinajstić information content (AvgIpc) is 3.75. The van der Waals surface area contributed by atoms with Gasteiger partial charge in [-0.1, -0.05) is 115 Å². The highest BCUT2D eigenvalue weighted by molar-refractivity contribution is 7.47. The molecule has 0 saturated carbocycles. The number of halogens is 1. The molecule has 2 aromatic heterocycles. The Morgan fingerprint density at radius 3 is 2.06 bits per heavy atom. The largest absolute Gasteiger partial charge is 0.527 e. The third-order valence-electron chi connectivity index (χ3n) is 8.45. The predicted molar refractivity (Wildman–Crippen MR) is 186 cm³/mol. The third kappa shape index (κ3) is 6.62. The van der Waals surface area contributed by atoms with Crippen LogP contribution in [-0.2, 0) is 28.9 Å². The molecule has 256 valence electrons. The second-order valence-electron chi connectivity index (χ2n) is 11.5. The SMILES string of the molecule is COC(OC(c1ccccc1)(c1ccccc1)c1ccccc1)[C@@H]1C[C@@H](OP(=O)(O)Oc2ccccc2Cl)[C@H](n2cnc3c(N)ncnc32)O1. The first-order chi connectivity index (χ1) is 24.3. The monoisotopic (exact) mass is 713 g/mol. The van der Waals surface area contributed by atoms with Crippen LogP contribution in [0.4, 0.5) is 5.82 Å². The molecular formula is C36H33ClN5O7P. The van der Waals surface area contributed by atoms with E-state index < -0.39 is 38.1 Å². The van der Waals surface area contributed by atoms with Crippen molar-refractivity contribution in [2.75, 3.05) is 12.8 Å². The van der Waals surface area contributed by atoms with E-state index in [1.54, 1.807) is 16.7 Å². The number of nitrogens with two attached hydrogens (primary N) is 1. The van der Waals surface area contributed by atoms with E-state index in [4.69, 9.17) is 40.6 Å². The van der Waals surface area contributed by atoms with Crippen molar-refractivity contribution in [1.82, 2.24) is 19.5 Å². The molecule has 0 bridgehead atoms. The zero-order chi connectivity index (χ0) is 34.7. The molecule has 2 unspecified atom stereocenters. The Hall–Kier alpha value is -4.65. The van der Waals surface area contributed by atoms with Crippen molar-refractivity contribution in [1.29, 1.82) is 0 Å². The summed E-state index contributed by atoms with van der Waals surface area (Å²) >= 11 is 6.22. The predicted octanol–water partition coefficient (Wildman–Crippen LogP) is 6.90. The molecule has 0 aliphatic carbocycles. The number of benzene rings is 4. The van der Waals surface area contributed by atoms with Crippen molar-refractivity contribution in [3.63, 3.8) is 0 Å². The molecule has 14 heteroatoms. The maximum Gasteiger partial charge on any atom is 0.527 e. The van der Waals surface area contributed by atoms with Gasteiger partial charge in [0, 0.05) is 13.5 Å². The van der Waals surface area contributed by atoms with Gasteiger partial charge in [0.25, 0.3) is 0 Å². The lowest BCUT2D eigenvalue weighted by atomic mass is 9.80. The standard InChI is InChI=1S/C36H33ClN5O7P/c1-45-35(47-36(24-13-5-2-6-14-24,25-15-7-3-8-16-25)26-17-9-4-10-18-26)30-21-29(49-50(43,44)48-28-20-12-11-19-27(28)37)34(46-30)42-23-41-31-32(38)39-22-40-33(31)42/h2-20,22-23,29-30,34-35H,21H2,1H3,(H,43,44)(H2,38,39,40)/t29-,30+,34-,35?/m1/s1. The lowest BCUT2D eigenvalue weighted by Crippen LogP contribution is -2.42. The van der Waals surface area contributed by atoms with Crippen LogP contribution in [0.25, 0.3) is 11.2 Å². The minimum absolute atomic E-state index is 0.0166. The van der Waals surface area contributed by atoms with Crippen LogP contribution in [0.2, 0.25) is 5.02 Å². The Bertz CT molecular complexity index is 2010. The maximum atomic E-state index is 13.5. The number of nitrogen functional groups attached to an aromatic ring is 1. The number of methoxy groups -OCH3 is 1. The number of hydrogen-bond donors (Lipinski definition) is 2. The Morgan fingerprint density at radius 2 is 1.48 bits per heavy atom. The van der Waals surface area contributed by atoms with Crippen LogP contribution in [0, 0.1) is 0 Å². The lowest BCUT2D eigenvalue weighted by Gasteiger charge is -2.39. The Morgan fingerprint density at radius 1 is 0.900 bits per heavy atom. The van der Waals surface area contributed by atoms with E-state index in [1.807, 2.05) is 91.0 Å². The highest BCUT2D eigenvalue weighted by Crippen LogP contribution is 2.51. The smallest absolute Gasteiger partial charge is 0.403 e. The molecule has 12 nitrogen and oxygen atoms in total. The van der Waals surface area contributed by atoms with Crippen LogP contribution in [-0.4, -0.2) is 50.0 Å². The summed E-state index contributed by atoms with van der Waals surface area (Å²) in [6.45, 7) is 0. The number of fused-ring (bicyclic) bond motifs is 1. The van der Waals surface area contributed by atoms with Crippen LogP contribution in [0.3, 0.4) is 0 Å². The summed E-state index contributed by atoms with van der Waals surface area (Å²) < 4.78 is 46.2. The fraction of sp³-hybridized carbons (Fsp3) is 0.194. The summed E-state index contributed by atoms with van der Waals surface area (Å²) in [5, 5.41) is 0.141. The average molecular weight is 714 g/mol. The molecule has 6 aromatic rings. The highest BCUT2D eigenvalue weighted by atomic mass is 35.5. The summed E-state index contributed by atoms with van der Waals surface area (Å²) in [5.74, 6) is 0.143. The van der Waals surface area contributed by atoms with Gasteiger partial charge in [0.15, 0.2) is 24.0 Å². The summed E-state index contributed by atoms with van der Waals surface area (Å²) in [6, 6.07) is 35.8. The van der Waals surface area contributed by atoms with E-state index >= 15 is 0 Å². The maximum absolute atomic E-state index is 13.5. The van der Waals surface area contributed by atoms with Gasteiger partial charge in [-0.2, -0.15) is 0 Å². The minimum atomic E-state index is -4.79. The number of para-hydroxylation sites is 1. The van der Waals surface area contributed by atoms with Gasteiger partial charge in [0.1, 0.15) is 35.4 Å². The van der Waals surface area contributed by atoms with Gasteiger partial charge in [-0.05, 0) is 28.8 Å². The van der Waals surface area contributed by atoms with Crippen molar-refractivity contribution in [3.05, 3.63) is 150 Å². The van der Waals surface area contributed by atoms with E-state index in [0.717, 1.165) is 16.7 Å². The van der Waals surface area contributed by atoms with Crippen molar-refractivity contribution < 1.29 is 32.7 Å². The molecule has 3 heterocycles. The minimum Gasteiger partial charge on any atom is -0.403 e. The molecule has 3 N–H and O–H groups in total. The molecule has 1 fully saturated rings. The summed E-state index contributed by atoms with van der Waals surface area (Å²) in [6.07, 6.45) is -1.23. The molecule has 0 amide bonds. The number of phosphoric ester groups is 1. The van der Waals surface area contributed by atoms with Gasteiger partial charge in [0.05, 0.1) is 11.3 Å². The van der Waals surface area contributed by atoms with Gasteiger partial charge in [0.2, 0.25) is 0 Å². The molecular weight excluding hydrogens is 681 g/mol. The summed E-state index contributed by atoms with van der Waals surface area (Å²) in [7, 11) is -3.27. The Labute approximate surface area is 293 Å². The second-order valence-corrected chi connectivity index (χ2v) is 13.3. The van der Waals surface area contributed by atoms with E-state index in [1.165, 1.54) is 31.9 Å². The molecule has 4 aromatic carbocycles. The van der Waals surface area contributed by atoms with E-state index in [0.29, 0.717) is 11.2 Å². The zero-order valence-electron chi connectivity index (χ0n) is 26.7. The van der Waals surface area contributed by atoms with E-state index in [9.17, 15) is 9.46 Å². The van der Waals surface area contributed by atoms with Crippen LogP contribution in [0.1, 0.15) is 29.3 Å². The quantitative estimate of drug-likeness (QED) is 0.0774. The number of anilines is 1. The van der Waals surface area contributed by atoms with Crippen molar-refractivity contribution in [2.45, 2.75) is 36.7 Å². The van der Waals surface area contributed by atoms with Gasteiger partial charge in [-0.3, -0.25) is 14.0 Å². The number of phosphoric acid groups is 1. The molecule has 50 heavy (non-hydrogen) atoms. The molecule has 1 aliphatic rings. The van der Waals surface area contributed by atoms with Crippen molar-refractivity contribution in [3.8, 4) is 5.75 Å². The molecule has 5 atom stereocenters. The van der Waals surface area contributed by atoms with Gasteiger partial charge in [-0.25, -0.2) is 19.5 Å². The summed E-state index contributed by atoms with van der Waals surface area (Å²) in [5.41, 5.74) is 8.13. The van der Waals surface area contributed by atoms with Gasteiger partial charge in [-0.15, -0.1) is 0 Å². The van der Waals surface area contributed by atoms with Crippen molar-refractivity contribution >= 4 is 36.4 Å². The Balaban J connectivity index is 1.29. The third-order valence-corrected chi connectivity index (χ3v) is 9.72. The van der Waals surface area contributed by atoms with Gasteiger partial charge >= 0.3 is 7.82 Å². The fourth-order valence-corrected chi connectivity index (χ4v) is 7.46. The van der Waals surface area contributed by atoms with Crippen LogP contribution in [0.15, 0.2) is 128 Å². The molecule has 0 radical (unpaired) electrons. The summed E-state index contributed by atoms with van der Waals surface area (Å²) in [4.78, 5) is 23.8. The highest BCUT2D eigenvalue weighted by Gasteiger charge is 2.49. The normalized spacial score (nSPS) is 19.6. The number of imidazole rings is 1. The first kappa shape index (κ1) is 33.8. The number of rotatable bonds is 12. The lowest BCUT2D eigenvalue weighted by molar-refractivity contribution is -0.231. The number of nitrogens with zero attached hydrogens (tertiary/aromatic N) is 4. The molecule has 7 rings (SSSR count). The second kappa shape index (κ2) is 14.3. The number of ether oxygens (including phenoxy) is 3. The first-order valence-electron chi connectivity index (χ1n) is 15.7. The first-order valence-corrected chi connectivity index (χ1v) is 17.6. The molecule has 1 aliphatic heterocycles. The molecule has 1 saturated heterocycles. The fourth-order valence-electron chi connectivity index (χ4n) is 6.25. The zero-order valence-corrected chi connectivity index (χ0v) is 28.4. The van der Waals surface area contributed by atoms with Crippen LogP contribution < -0.4 is 10.3 Å². The van der Waals surface area contributed by atoms with Crippen LogP contribution in [0.5, 0.6) is 5.75 Å². The van der Waals surface area contributed by atoms with Crippen molar-refractivity contribution in [2.24, 2.45) is 0 Å². The number of aromatic nitrogens is 4. The Kier molecular flexibility index (Phi) is 9.67. The van der Waals surface area contributed by atoms with Gasteiger partial charge < -0.3 is 24.5 Å².